The van der Waals surface area contributed by atoms with Crippen molar-refractivity contribution in [2.75, 3.05) is 12.9 Å². The Hall–Kier alpha value is -1.80. The quantitative estimate of drug-likeness (QED) is 0.333. The van der Waals surface area contributed by atoms with Gasteiger partial charge in [-0.25, -0.2) is 14.8 Å². The van der Waals surface area contributed by atoms with Crippen LogP contribution < -0.4 is 0 Å². The third kappa shape index (κ3) is 4.11. The molecule has 6 nitrogen and oxygen atoms in total. The molecule has 2 rings (SSSR count). The van der Waals surface area contributed by atoms with Crippen LogP contribution in [0, 0.1) is 5.92 Å². The Bertz CT molecular complexity index is 643. The summed E-state index contributed by atoms with van der Waals surface area (Å²) in [6, 6.07) is 0. The lowest BCUT2D eigenvalue weighted by Crippen LogP contribution is -2.08. The van der Waals surface area contributed by atoms with E-state index in [1.54, 1.807) is 12.4 Å². The number of ether oxygens (including phenoxy) is 1. The number of hydrogen-bond acceptors (Lipinski definition) is 8. The number of nitrogens with zero attached hydrogens (tertiary/aromatic N) is 4. The lowest BCUT2D eigenvalue weighted by Gasteiger charge is -2.06. The van der Waals surface area contributed by atoms with Crippen molar-refractivity contribution in [2.24, 2.45) is 5.92 Å². The van der Waals surface area contributed by atoms with Crippen LogP contribution in [-0.2, 0) is 4.74 Å². The van der Waals surface area contributed by atoms with Crippen LogP contribution in [0.5, 0.6) is 0 Å². The van der Waals surface area contributed by atoms with Crippen LogP contribution in [0.25, 0.3) is 11.3 Å². The maximum absolute atomic E-state index is 12.1. The van der Waals surface area contributed by atoms with Gasteiger partial charge in [-0.2, -0.15) is 0 Å². The third-order valence-corrected chi connectivity index (χ3v) is 4.25. The first-order valence-corrected chi connectivity index (χ1v) is 8.64. The van der Waals surface area contributed by atoms with Gasteiger partial charge in [0.1, 0.15) is 5.69 Å². The van der Waals surface area contributed by atoms with Gasteiger partial charge < -0.3 is 4.74 Å². The zero-order valence-corrected chi connectivity index (χ0v) is 14.0. The van der Waals surface area contributed by atoms with Gasteiger partial charge in [-0.3, -0.25) is 0 Å². The molecular weight excluding hydrogens is 320 g/mol. The Balaban J connectivity index is 2.07. The van der Waals surface area contributed by atoms with Crippen molar-refractivity contribution >= 4 is 29.3 Å². The SMILES string of the molecule is C=C[C@H](C)CCOC(=O)c1snnc1-c1cnc(SC)nc1. The van der Waals surface area contributed by atoms with E-state index in [1.807, 2.05) is 19.3 Å². The van der Waals surface area contributed by atoms with Crippen molar-refractivity contribution < 1.29 is 9.53 Å². The molecule has 2 heterocycles. The average molecular weight is 336 g/mol. The Morgan fingerprint density at radius 2 is 2.23 bits per heavy atom. The fourth-order valence-corrected chi connectivity index (χ4v) is 2.48. The summed E-state index contributed by atoms with van der Waals surface area (Å²) in [5, 5.41) is 4.65. The number of aromatic nitrogens is 4. The Morgan fingerprint density at radius 1 is 1.50 bits per heavy atom. The molecule has 0 spiro atoms. The molecule has 2 aromatic rings. The number of esters is 1. The van der Waals surface area contributed by atoms with E-state index >= 15 is 0 Å². The molecule has 0 amide bonds. The van der Waals surface area contributed by atoms with E-state index in [-0.39, 0.29) is 0 Å². The molecular formula is C14H16N4O2S2. The number of hydrogen-bond donors (Lipinski definition) is 0. The zero-order chi connectivity index (χ0) is 15.9. The van der Waals surface area contributed by atoms with Crippen molar-refractivity contribution in [2.45, 2.75) is 18.5 Å². The largest absolute Gasteiger partial charge is 0.461 e. The summed E-state index contributed by atoms with van der Waals surface area (Å²) >= 11 is 2.46. The van der Waals surface area contributed by atoms with E-state index in [4.69, 9.17) is 4.74 Å². The molecule has 0 radical (unpaired) electrons. The van der Waals surface area contributed by atoms with Crippen LogP contribution in [0.3, 0.4) is 0 Å². The van der Waals surface area contributed by atoms with Crippen LogP contribution in [0.1, 0.15) is 23.0 Å². The fraction of sp³-hybridized carbons (Fsp3) is 0.357. The molecule has 1 atom stereocenters. The first-order chi connectivity index (χ1) is 10.7. The summed E-state index contributed by atoms with van der Waals surface area (Å²) in [5.41, 5.74) is 1.11. The van der Waals surface area contributed by atoms with Crippen molar-refractivity contribution in [3.05, 3.63) is 29.9 Å². The van der Waals surface area contributed by atoms with Gasteiger partial charge in [-0.05, 0) is 30.1 Å². The minimum absolute atomic E-state index is 0.305. The fourth-order valence-electron chi connectivity index (χ4n) is 1.58. The highest BCUT2D eigenvalue weighted by molar-refractivity contribution is 7.98. The van der Waals surface area contributed by atoms with Crippen LogP contribution in [0.15, 0.2) is 30.2 Å². The van der Waals surface area contributed by atoms with E-state index in [1.165, 1.54) is 11.8 Å². The number of carbonyl (C=O) groups is 1. The van der Waals surface area contributed by atoms with E-state index in [9.17, 15) is 4.79 Å². The van der Waals surface area contributed by atoms with Crippen molar-refractivity contribution in [1.82, 2.24) is 19.6 Å². The summed E-state index contributed by atoms with van der Waals surface area (Å²) in [5.74, 6) is -0.116. The molecule has 0 aliphatic rings. The minimum atomic E-state index is -0.421. The smallest absolute Gasteiger partial charge is 0.352 e. The van der Waals surface area contributed by atoms with Gasteiger partial charge in [0, 0.05) is 18.0 Å². The van der Waals surface area contributed by atoms with Crippen LogP contribution >= 0.6 is 23.3 Å². The standard InChI is InChI=1S/C14H16N4O2S2/c1-4-9(2)5-6-20-13(19)12-11(17-18-22-12)10-7-15-14(21-3)16-8-10/h4,7-9H,1,5-6H2,2-3H3/t9-/m0/s1. The third-order valence-electron chi connectivity index (χ3n) is 2.97. The molecule has 22 heavy (non-hydrogen) atoms. The molecule has 0 fully saturated rings. The Morgan fingerprint density at radius 3 is 2.86 bits per heavy atom. The van der Waals surface area contributed by atoms with Crippen molar-refractivity contribution in [3.8, 4) is 11.3 Å². The van der Waals surface area contributed by atoms with E-state index in [0.29, 0.717) is 33.8 Å². The van der Waals surface area contributed by atoms with Crippen molar-refractivity contribution in [3.63, 3.8) is 0 Å². The van der Waals surface area contributed by atoms with Gasteiger partial charge in [0.15, 0.2) is 10.0 Å². The molecule has 2 aromatic heterocycles. The molecule has 0 aromatic carbocycles. The van der Waals surface area contributed by atoms with E-state index < -0.39 is 5.97 Å². The lowest BCUT2D eigenvalue weighted by molar-refractivity contribution is 0.0498. The molecule has 0 N–H and O–H groups in total. The molecule has 8 heteroatoms. The highest BCUT2D eigenvalue weighted by Crippen LogP contribution is 2.24. The van der Waals surface area contributed by atoms with E-state index in [0.717, 1.165) is 18.0 Å². The molecule has 0 saturated carbocycles. The maximum atomic E-state index is 12.1. The van der Waals surface area contributed by atoms with Crippen LogP contribution in [-0.4, -0.2) is 38.4 Å². The van der Waals surface area contributed by atoms with Gasteiger partial charge in [-0.15, -0.1) is 11.7 Å². The monoisotopic (exact) mass is 336 g/mol. The highest BCUT2D eigenvalue weighted by atomic mass is 32.2. The Labute approximate surface area is 137 Å². The minimum Gasteiger partial charge on any atom is -0.461 e. The Kier molecular flexibility index (Phi) is 6.02. The number of allylic oxidation sites excluding steroid dienone is 1. The van der Waals surface area contributed by atoms with Gasteiger partial charge in [-0.1, -0.05) is 29.2 Å². The second kappa shape index (κ2) is 8.00. The predicted octanol–water partition coefficient (Wildman–Crippen LogP) is 3.09. The second-order valence-electron chi connectivity index (χ2n) is 4.55. The van der Waals surface area contributed by atoms with Gasteiger partial charge in [0.2, 0.25) is 0 Å². The number of rotatable bonds is 7. The topological polar surface area (TPSA) is 77.9 Å². The van der Waals surface area contributed by atoms with Crippen LogP contribution in [0.2, 0.25) is 0 Å². The summed E-state index contributed by atoms with van der Waals surface area (Å²) in [7, 11) is 0. The molecule has 116 valence electrons. The number of carbonyl (C=O) groups excluding carboxylic acids is 1. The van der Waals surface area contributed by atoms with Gasteiger partial charge in [0.25, 0.3) is 0 Å². The van der Waals surface area contributed by atoms with E-state index in [2.05, 4.69) is 26.1 Å². The molecule has 0 bridgehead atoms. The molecule has 0 aliphatic carbocycles. The molecule has 0 unspecified atom stereocenters. The summed E-state index contributed by atoms with van der Waals surface area (Å²) < 4.78 is 9.10. The zero-order valence-electron chi connectivity index (χ0n) is 12.4. The molecule has 0 saturated heterocycles. The lowest BCUT2D eigenvalue weighted by atomic mass is 10.1. The van der Waals surface area contributed by atoms with Gasteiger partial charge >= 0.3 is 5.97 Å². The van der Waals surface area contributed by atoms with Crippen molar-refractivity contribution in [1.29, 1.82) is 0 Å². The average Bonchev–Trinajstić information content (AvgIpc) is 3.04. The maximum Gasteiger partial charge on any atom is 0.352 e. The first-order valence-electron chi connectivity index (χ1n) is 6.64. The number of thioether (sulfide) groups is 1. The second-order valence-corrected chi connectivity index (χ2v) is 6.07. The molecule has 0 aliphatic heterocycles. The van der Waals surface area contributed by atoms with Crippen LogP contribution in [0.4, 0.5) is 0 Å². The highest BCUT2D eigenvalue weighted by Gasteiger charge is 2.20. The summed E-state index contributed by atoms with van der Waals surface area (Å²) in [6.45, 7) is 6.06. The van der Waals surface area contributed by atoms with Gasteiger partial charge in [0.05, 0.1) is 6.61 Å². The summed E-state index contributed by atoms with van der Waals surface area (Å²) in [4.78, 5) is 20.8. The summed E-state index contributed by atoms with van der Waals surface area (Å²) in [6.07, 6.45) is 7.73. The predicted molar refractivity (Wildman–Crippen MR) is 87.0 cm³/mol. The normalized spacial score (nSPS) is 11.9. The first kappa shape index (κ1) is 16.6.